The molecule has 0 aliphatic heterocycles. The van der Waals surface area contributed by atoms with E-state index in [4.69, 9.17) is 0 Å². The van der Waals surface area contributed by atoms with E-state index in [0.29, 0.717) is 10.1 Å². The summed E-state index contributed by atoms with van der Waals surface area (Å²) in [4.78, 5) is 0. The first-order valence-electron chi connectivity index (χ1n) is 13.3. The van der Waals surface area contributed by atoms with Gasteiger partial charge in [0.05, 0.1) is 0 Å². The largest absolute Gasteiger partial charge is 1.00 e. The normalized spacial score (nSPS) is 13.2. The fourth-order valence-electron chi connectivity index (χ4n) is 4.42. The molecule has 1 aliphatic rings. The van der Waals surface area contributed by atoms with Gasteiger partial charge in [-0.1, -0.05) is 76.9 Å². The van der Waals surface area contributed by atoms with E-state index in [1.807, 2.05) is 12.2 Å². The molecule has 208 valence electrons. The van der Waals surface area contributed by atoms with Gasteiger partial charge in [0.2, 0.25) is 0 Å². The van der Waals surface area contributed by atoms with Gasteiger partial charge in [0.25, 0.3) is 0 Å². The van der Waals surface area contributed by atoms with Gasteiger partial charge >= 0.3 is 80.4 Å². The molecule has 1 aliphatic carbocycles. The van der Waals surface area contributed by atoms with Crippen molar-refractivity contribution in [2.24, 2.45) is 0 Å². The summed E-state index contributed by atoms with van der Waals surface area (Å²) >= 11 is 1.77. The Morgan fingerprint density at radius 1 is 0.684 bits per heavy atom. The zero-order chi connectivity index (χ0) is 27.5. The van der Waals surface area contributed by atoms with Crippen molar-refractivity contribution < 1.29 is 48.1 Å². The molecule has 0 N–H and O–H groups in total. The molecule has 0 bridgehead atoms. The third-order valence-corrected chi connectivity index (χ3v) is 20.6. The Hall–Kier alpha value is -0.530. The zero-order valence-electron chi connectivity index (χ0n) is 25.7. The van der Waals surface area contributed by atoms with E-state index < -0.39 is 0 Å². The van der Waals surface area contributed by atoms with Crippen molar-refractivity contribution in [2.75, 3.05) is 0 Å². The Kier molecular flexibility index (Phi) is 14.2. The van der Waals surface area contributed by atoms with Crippen LogP contribution in [0.25, 0.3) is 21.5 Å². The van der Waals surface area contributed by atoms with Gasteiger partial charge in [-0.15, -0.1) is 46.2 Å². The van der Waals surface area contributed by atoms with Crippen LogP contribution in [0, 0.1) is 6.08 Å². The molecular formula is C34H48Cl2SiZr-2. The van der Waals surface area contributed by atoms with Crippen LogP contribution in [0.15, 0.2) is 60.7 Å². The minimum atomic E-state index is -0.131. The molecule has 0 fully saturated rings. The summed E-state index contributed by atoms with van der Waals surface area (Å²) < 4.78 is 0. The van der Waals surface area contributed by atoms with Gasteiger partial charge in [0.15, 0.2) is 0 Å². The van der Waals surface area contributed by atoms with Crippen LogP contribution >= 0.6 is 0 Å². The molecule has 0 unspecified atom stereocenters. The Morgan fingerprint density at radius 2 is 1.08 bits per heavy atom. The van der Waals surface area contributed by atoms with E-state index in [1.54, 1.807) is 23.3 Å². The summed E-state index contributed by atoms with van der Waals surface area (Å²) in [6.45, 7) is 27.9. The molecule has 3 aromatic carbocycles. The average Bonchev–Trinajstić information content (AvgIpc) is 3.41. The van der Waals surface area contributed by atoms with E-state index in [-0.39, 0.29) is 41.1 Å². The van der Waals surface area contributed by atoms with Crippen LogP contribution in [-0.2, 0) is 34.2 Å². The van der Waals surface area contributed by atoms with Crippen LogP contribution in [0.3, 0.4) is 0 Å². The Balaban J connectivity index is 0.000000676. The molecule has 0 heterocycles. The molecule has 0 aromatic heterocycles. The van der Waals surface area contributed by atoms with Crippen LogP contribution in [-0.4, -0.2) is 5.43 Å². The molecule has 4 rings (SSSR count). The third-order valence-electron chi connectivity index (χ3n) is 6.52. The number of allylic oxidation sites excluding steroid dienone is 4. The van der Waals surface area contributed by atoms with Crippen molar-refractivity contribution >= 4 is 27.0 Å². The molecule has 3 aromatic rings. The molecule has 0 saturated carbocycles. The van der Waals surface area contributed by atoms with E-state index in [2.05, 4.69) is 138 Å². The minimum Gasteiger partial charge on any atom is -1.00 e. The third kappa shape index (κ3) is 10.8. The quantitative estimate of drug-likeness (QED) is 0.245. The number of halogens is 2. The van der Waals surface area contributed by atoms with Crippen LogP contribution in [0.5, 0.6) is 0 Å². The zero-order valence-corrected chi connectivity index (χ0v) is 30.7. The summed E-state index contributed by atoms with van der Waals surface area (Å²) in [6.07, 6.45) is 10.0. The monoisotopic (exact) mass is 644 g/mol. The van der Waals surface area contributed by atoms with Gasteiger partial charge in [-0.05, 0) is 10.8 Å². The molecule has 38 heavy (non-hydrogen) atoms. The number of hydrogen-bond acceptors (Lipinski definition) is 0. The van der Waals surface area contributed by atoms with Gasteiger partial charge in [-0.25, -0.2) is 12.2 Å². The van der Waals surface area contributed by atoms with Gasteiger partial charge in [-0.2, -0.15) is 6.08 Å². The second-order valence-electron chi connectivity index (χ2n) is 14.1. The molecule has 0 radical (unpaired) electrons. The van der Waals surface area contributed by atoms with E-state index in [9.17, 15) is 0 Å². The van der Waals surface area contributed by atoms with Crippen LogP contribution < -0.4 is 24.8 Å². The first kappa shape index (κ1) is 37.5. The first-order valence-corrected chi connectivity index (χ1v) is 18.5. The van der Waals surface area contributed by atoms with Crippen molar-refractivity contribution in [3.05, 3.63) is 77.9 Å². The SMILES string of the molecule is CC(C)(C)[Si](=[Zr+2])C(C)(C)C.CC(C)(C)c1ccc2c(c1)[cH-]c1cc(C(C)(C)C)ccc12.[C-]1=CC=CC1.[Cl-].[Cl-]. The topological polar surface area (TPSA) is 0 Å². The Labute approximate surface area is 261 Å². The smallest absolute Gasteiger partial charge is 0.0202 e. The van der Waals surface area contributed by atoms with E-state index >= 15 is 0 Å². The molecule has 0 atom stereocenters. The standard InChI is InChI=1S/C21H25.C8H18Si.C5H5.2ClH.Zr/c1-20(2,3)16-7-9-18-14(12-16)11-15-13-17(21(4,5)6)8-10-19(15)18;1-7(2,3)9-8(4,5)6;1-2-4-5-3-1;;;/h7-13H,1-6H3;1-6H3;1-3H,4H2;2*1H;/q-1;;-1;;;+2/p-2. The van der Waals surface area contributed by atoms with Gasteiger partial charge in [-0.3, -0.25) is 6.08 Å². The van der Waals surface area contributed by atoms with Crippen LogP contribution in [0.2, 0.25) is 10.1 Å². The Bertz CT molecular complexity index is 1160. The van der Waals surface area contributed by atoms with Crippen molar-refractivity contribution in [2.45, 2.75) is 110 Å². The predicted octanol–water partition coefficient (Wildman–Crippen LogP) is 4.75. The van der Waals surface area contributed by atoms with Gasteiger partial charge in [0.1, 0.15) is 0 Å². The molecular weight excluding hydrogens is 599 g/mol. The van der Waals surface area contributed by atoms with E-state index in [1.165, 1.54) is 32.7 Å². The summed E-state index contributed by atoms with van der Waals surface area (Å²) in [7, 11) is 0. The second-order valence-corrected chi connectivity index (χ2v) is 21.6. The molecule has 0 spiro atoms. The van der Waals surface area contributed by atoms with Crippen LogP contribution in [0.4, 0.5) is 0 Å². The number of fused-ring (bicyclic) bond motifs is 3. The van der Waals surface area contributed by atoms with Gasteiger partial charge < -0.3 is 24.8 Å². The average molecular weight is 647 g/mol. The summed E-state index contributed by atoms with van der Waals surface area (Å²) in [5.41, 5.74) is 3.08. The number of rotatable bonds is 0. The maximum absolute atomic E-state index is 2.99. The summed E-state index contributed by atoms with van der Waals surface area (Å²) in [6, 6.07) is 16.2. The Morgan fingerprint density at radius 3 is 1.29 bits per heavy atom. The summed E-state index contributed by atoms with van der Waals surface area (Å²) in [5, 5.41) is 6.64. The fraction of sp³-hybridized carbons (Fsp3) is 0.500. The van der Waals surface area contributed by atoms with E-state index in [0.717, 1.165) is 6.42 Å². The van der Waals surface area contributed by atoms with Crippen LogP contribution in [0.1, 0.15) is 101 Å². The van der Waals surface area contributed by atoms with Crippen molar-refractivity contribution in [1.29, 1.82) is 0 Å². The first-order chi connectivity index (χ1) is 16.3. The summed E-state index contributed by atoms with van der Waals surface area (Å²) in [5.74, 6) is 0. The maximum atomic E-state index is 2.99. The molecule has 4 heteroatoms. The minimum absolute atomic E-state index is 0. The fourth-order valence-corrected chi connectivity index (χ4v) is 6.67. The van der Waals surface area contributed by atoms with Crippen molar-refractivity contribution in [1.82, 2.24) is 0 Å². The predicted molar refractivity (Wildman–Crippen MR) is 161 cm³/mol. The van der Waals surface area contributed by atoms with Gasteiger partial charge in [0, 0.05) is 0 Å². The maximum Gasteiger partial charge on any atom is -0.0202 e. The number of benzene rings is 2. The molecule has 0 saturated heterocycles. The van der Waals surface area contributed by atoms with Crippen molar-refractivity contribution in [3.63, 3.8) is 0 Å². The number of hydrogen-bond donors (Lipinski definition) is 0. The molecule has 0 nitrogen and oxygen atoms in total. The second kappa shape index (κ2) is 14.4. The molecule has 0 amide bonds. The van der Waals surface area contributed by atoms with Crippen molar-refractivity contribution in [3.8, 4) is 0 Å².